The average Bonchev–Trinajstić information content (AvgIpc) is 3.24. The molecule has 1 aromatic carbocycles. The third-order valence-corrected chi connectivity index (χ3v) is 6.87. The molecule has 0 aliphatic carbocycles. The first-order valence-electron chi connectivity index (χ1n) is 13.1. The fraction of sp³-hybridized carbons (Fsp3) is 0.500. The molecule has 0 bridgehead atoms. The Morgan fingerprint density at radius 1 is 1.29 bits per heavy atom. The molecule has 3 aromatic rings. The maximum atomic E-state index is 13.6. The zero-order chi connectivity index (χ0) is 30.2. The van der Waals surface area contributed by atoms with E-state index in [2.05, 4.69) is 21.5 Å². The van der Waals surface area contributed by atoms with Gasteiger partial charge in [-0.2, -0.15) is 23.5 Å². The van der Waals surface area contributed by atoms with Gasteiger partial charge in [-0.3, -0.25) is 14.4 Å². The zero-order valence-corrected chi connectivity index (χ0v) is 23.5. The fourth-order valence-electron chi connectivity index (χ4n) is 5.08. The molecule has 10 nitrogen and oxygen atoms in total. The number of carbonyl (C=O) groups excluding carboxylic acids is 1. The van der Waals surface area contributed by atoms with Gasteiger partial charge in [0.2, 0.25) is 0 Å². The largest absolute Gasteiger partial charge is 0.458 e. The Bertz CT molecular complexity index is 1490. The van der Waals surface area contributed by atoms with Gasteiger partial charge in [0.05, 0.1) is 30.2 Å². The number of hydrogen-bond acceptors (Lipinski definition) is 8. The van der Waals surface area contributed by atoms with Crippen molar-refractivity contribution in [2.24, 2.45) is 0 Å². The predicted molar refractivity (Wildman–Crippen MR) is 146 cm³/mol. The normalized spacial score (nSPS) is 20.5. The molecular weight excluding hydrogens is 541 g/mol. The maximum absolute atomic E-state index is 13.6. The average molecular weight is 575 g/mol. The summed E-state index contributed by atoms with van der Waals surface area (Å²) in [6.45, 7) is 5.27. The molecule has 1 aliphatic heterocycles. The number of nitrogens with zero attached hydrogens (tertiary/aromatic N) is 4. The highest BCUT2D eigenvalue weighted by molar-refractivity contribution is 5.91. The summed E-state index contributed by atoms with van der Waals surface area (Å²) in [4.78, 5) is 29.2. The molecule has 0 spiro atoms. The van der Waals surface area contributed by atoms with E-state index in [0.29, 0.717) is 17.6 Å². The maximum Gasteiger partial charge on any atom is 0.408 e. The Hall–Kier alpha value is -3.89. The van der Waals surface area contributed by atoms with Crippen LogP contribution in [0.25, 0.3) is 10.9 Å². The van der Waals surface area contributed by atoms with Crippen LogP contribution in [0.15, 0.2) is 41.3 Å². The number of aromatic nitrogens is 3. The number of nitrogens with one attached hydrogen (secondary N) is 2. The number of hydrogen-bond donors (Lipinski definition) is 2. The van der Waals surface area contributed by atoms with E-state index in [1.807, 2.05) is 0 Å². The van der Waals surface area contributed by atoms with Crippen LogP contribution in [0.2, 0.25) is 0 Å². The van der Waals surface area contributed by atoms with Gasteiger partial charge in [-0.05, 0) is 71.5 Å². The molecule has 2 unspecified atom stereocenters. The summed E-state index contributed by atoms with van der Waals surface area (Å²) in [5.74, 6) is -0.321. The zero-order valence-electron chi connectivity index (χ0n) is 23.5. The standard InChI is InChI=1S/C28H33F3N6O4/c1-26(2,3)41-25(39)20-10-12-27(13-14-32,16-40-20)37-19-11-15-33-24(38)21(19)23(35-37)34-18-8-6-17(7-9-18)22(36(4)5)28(29,30)31/h6-9,11,15,20,22H,10,12-13,16H2,1-5H3,(H,33,38)(H,34,35)/t20?,22?,27-/m0/s1. The highest BCUT2D eigenvalue weighted by atomic mass is 19.4. The first-order valence-corrected chi connectivity index (χ1v) is 13.1. The van der Waals surface area contributed by atoms with Gasteiger partial charge in [-0.25, -0.2) is 4.79 Å². The SMILES string of the molecule is CN(C)C(c1ccc(Nc2nn([C@]3(CC#N)CCC(C(=O)OC(C)(C)C)OC3)c3cc[nH]c(=O)c23)cc1)C(F)(F)F. The van der Waals surface area contributed by atoms with Crippen molar-refractivity contribution < 1.29 is 27.4 Å². The van der Waals surface area contributed by atoms with E-state index in [0.717, 1.165) is 4.90 Å². The van der Waals surface area contributed by atoms with Crippen LogP contribution in [-0.2, 0) is 19.8 Å². The molecule has 41 heavy (non-hydrogen) atoms. The van der Waals surface area contributed by atoms with Gasteiger partial charge in [-0.15, -0.1) is 0 Å². The highest BCUT2D eigenvalue weighted by Gasteiger charge is 2.44. The van der Waals surface area contributed by atoms with Crippen LogP contribution >= 0.6 is 0 Å². The molecule has 3 atom stereocenters. The second kappa shape index (κ2) is 11.2. The highest BCUT2D eigenvalue weighted by Crippen LogP contribution is 2.39. The Morgan fingerprint density at radius 2 is 1.98 bits per heavy atom. The van der Waals surface area contributed by atoms with Crippen molar-refractivity contribution in [1.29, 1.82) is 5.26 Å². The molecule has 1 fully saturated rings. The van der Waals surface area contributed by atoms with Crippen LogP contribution in [0.4, 0.5) is 24.7 Å². The lowest BCUT2D eigenvalue weighted by Gasteiger charge is -2.39. The van der Waals surface area contributed by atoms with Crippen LogP contribution in [0.5, 0.6) is 0 Å². The van der Waals surface area contributed by atoms with Crippen LogP contribution in [0, 0.1) is 11.3 Å². The minimum absolute atomic E-state index is 0.00484. The van der Waals surface area contributed by atoms with E-state index in [1.165, 1.54) is 44.6 Å². The third kappa shape index (κ3) is 6.39. The molecule has 1 aliphatic rings. The summed E-state index contributed by atoms with van der Waals surface area (Å²) in [5.41, 5.74) is -1.18. The van der Waals surface area contributed by atoms with Gasteiger partial charge in [-0.1, -0.05) is 12.1 Å². The van der Waals surface area contributed by atoms with Gasteiger partial charge in [0, 0.05) is 11.9 Å². The molecule has 3 heterocycles. The molecule has 0 radical (unpaired) electrons. The number of aromatic amines is 1. The van der Waals surface area contributed by atoms with Gasteiger partial charge < -0.3 is 19.8 Å². The van der Waals surface area contributed by atoms with Crippen LogP contribution in [0.3, 0.4) is 0 Å². The third-order valence-electron chi connectivity index (χ3n) is 6.87. The number of ether oxygens (including phenoxy) is 2. The number of pyridine rings is 1. The van der Waals surface area contributed by atoms with Crippen molar-refractivity contribution >= 4 is 28.4 Å². The van der Waals surface area contributed by atoms with Gasteiger partial charge >= 0.3 is 12.1 Å². The topological polar surface area (TPSA) is 125 Å². The van der Waals surface area contributed by atoms with Gasteiger partial charge in [0.25, 0.3) is 5.56 Å². The summed E-state index contributed by atoms with van der Waals surface area (Å²) < 4.78 is 53.7. The fourth-order valence-corrected chi connectivity index (χ4v) is 5.08. The molecule has 220 valence electrons. The van der Waals surface area contributed by atoms with Crippen molar-refractivity contribution in [3.05, 3.63) is 52.4 Å². The lowest BCUT2D eigenvalue weighted by molar-refractivity contribution is -0.179. The summed E-state index contributed by atoms with van der Waals surface area (Å²) in [6.07, 6.45) is -3.17. The van der Waals surface area contributed by atoms with Crippen molar-refractivity contribution in [2.75, 3.05) is 26.0 Å². The Balaban J connectivity index is 1.67. The van der Waals surface area contributed by atoms with E-state index in [9.17, 15) is 28.0 Å². The van der Waals surface area contributed by atoms with E-state index in [1.54, 1.807) is 31.5 Å². The molecule has 2 aromatic heterocycles. The number of benzene rings is 1. The Kier molecular flexibility index (Phi) is 8.20. The molecule has 1 saturated heterocycles. The van der Waals surface area contributed by atoms with E-state index in [4.69, 9.17) is 9.47 Å². The Labute approximate surface area is 235 Å². The lowest BCUT2D eigenvalue weighted by atomic mass is 9.87. The minimum Gasteiger partial charge on any atom is -0.458 e. The molecule has 4 rings (SSSR count). The number of esters is 1. The van der Waals surface area contributed by atoms with E-state index >= 15 is 0 Å². The summed E-state index contributed by atoms with van der Waals surface area (Å²) in [7, 11) is 2.72. The second-order valence-corrected chi connectivity index (χ2v) is 11.4. The summed E-state index contributed by atoms with van der Waals surface area (Å²) in [6, 6.07) is 7.76. The van der Waals surface area contributed by atoms with E-state index in [-0.39, 0.29) is 36.2 Å². The summed E-state index contributed by atoms with van der Waals surface area (Å²) >= 11 is 0. The Morgan fingerprint density at radius 3 is 2.51 bits per heavy atom. The number of anilines is 2. The first-order chi connectivity index (χ1) is 19.1. The van der Waals surface area contributed by atoms with Crippen molar-refractivity contribution in [1.82, 2.24) is 19.7 Å². The molecular formula is C28H33F3N6O4. The van der Waals surface area contributed by atoms with Crippen LogP contribution in [-0.4, -0.2) is 64.2 Å². The van der Waals surface area contributed by atoms with Crippen molar-refractivity contribution in [3.8, 4) is 6.07 Å². The minimum atomic E-state index is -4.46. The van der Waals surface area contributed by atoms with Crippen LogP contribution < -0.4 is 10.9 Å². The second-order valence-electron chi connectivity index (χ2n) is 11.4. The quantitative estimate of drug-likeness (QED) is 0.387. The number of alkyl halides is 3. The predicted octanol–water partition coefficient (Wildman–Crippen LogP) is 4.76. The number of H-pyrrole nitrogens is 1. The van der Waals surface area contributed by atoms with Crippen molar-refractivity contribution in [2.45, 2.75) is 69.5 Å². The first kappa shape index (κ1) is 30.1. The number of carbonyl (C=O) groups is 1. The molecule has 0 saturated carbocycles. The molecule has 13 heteroatoms. The number of rotatable bonds is 7. The van der Waals surface area contributed by atoms with Crippen molar-refractivity contribution in [3.63, 3.8) is 0 Å². The van der Waals surface area contributed by atoms with E-state index < -0.39 is 41.0 Å². The molecule has 2 N–H and O–H groups in total. The lowest BCUT2D eigenvalue weighted by Crippen LogP contribution is -2.47. The molecule has 0 amide bonds. The monoisotopic (exact) mass is 574 g/mol. The van der Waals surface area contributed by atoms with Gasteiger partial charge in [0.1, 0.15) is 17.0 Å². The number of halogens is 3. The summed E-state index contributed by atoms with van der Waals surface area (Å²) in [5, 5.41) is 17.6. The smallest absolute Gasteiger partial charge is 0.408 e. The van der Waals surface area contributed by atoms with Crippen LogP contribution in [0.1, 0.15) is 51.6 Å². The number of nitriles is 1. The van der Waals surface area contributed by atoms with Gasteiger partial charge in [0.15, 0.2) is 11.9 Å². The number of fused-ring (bicyclic) bond motifs is 1.